The highest BCUT2D eigenvalue weighted by atomic mass is 35.5. The Labute approximate surface area is 130 Å². The summed E-state index contributed by atoms with van der Waals surface area (Å²) in [7, 11) is 0. The number of alkyl halides is 1. The van der Waals surface area contributed by atoms with Gasteiger partial charge in [0.15, 0.2) is 0 Å². The maximum absolute atomic E-state index is 6.31. The molecule has 0 aliphatic rings. The Balaban J connectivity index is 2.05. The zero-order chi connectivity index (χ0) is 14.4. The highest BCUT2D eigenvalue weighted by Crippen LogP contribution is 2.29. The number of benzene rings is 1. The van der Waals surface area contributed by atoms with E-state index in [4.69, 9.17) is 11.6 Å². The van der Waals surface area contributed by atoms with Gasteiger partial charge in [-0.25, -0.2) is 9.97 Å². The van der Waals surface area contributed by atoms with E-state index in [0.717, 1.165) is 32.8 Å². The molecule has 1 aromatic carbocycles. The lowest BCUT2D eigenvalue weighted by Gasteiger charge is -2.10. The number of rotatable bonds is 2. The van der Waals surface area contributed by atoms with Crippen LogP contribution in [-0.4, -0.2) is 19.5 Å². The Morgan fingerprint density at radius 2 is 2.14 bits per heavy atom. The highest BCUT2D eigenvalue weighted by Gasteiger charge is 2.16. The minimum atomic E-state index is -0.186. The fourth-order valence-corrected chi connectivity index (χ4v) is 3.33. The molecule has 4 nitrogen and oxygen atoms in total. The fraction of sp³-hybridized carbons (Fsp3) is 0.133. The molecule has 0 spiro atoms. The Hall–Kier alpha value is -1.98. The highest BCUT2D eigenvalue weighted by molar-refractivity contribution is 7.16. The normalized spacial score (nSPS) is 13.0. The summed E-state index contributed by atoms with van der Waals surface area (Å²) in [4.78, 5) is 13.1. The predicted molar refractivity (Wildman–Crippen MR) is 86.3 cm³/mol. The van der Waals surface area contributed by atoms with Crippen LogP contribution in [-0.2, 0) is 0 Å². The van der Waals surface area contributed by atoms with Crippen LogP contribution < -0.4 is 0 Å². The van der Waals surface area contributed by atoms with Crippen LogP contribution in [0.3, 0.4) is 0 Å². The summed E-state index contributed by atoms with van der Waals surface area (Å²) in [5.74, 6) is 0.823. The van der Waals surface area contributed by atoms with Crippen molar-refractivity contribution < 1.29 is 0 Å². The number of hydrogen-bond donors (Lipinski definition) is 0. The third kappa shape index (κ3) is 2.01. The van der Waals surface area contributed by atoms with Gasteiger partial charge >= 0.3 is 0 Å². The molecule has 21 heavy (non-hydrogen) atoms. The lowest BCUT2D eigenvalue weighted by atomic mass is 10.2. The van der Waals surface area contributed by atoms with Crippen molar-refractivity contribution in [1.82, 2.24) is 19.5 Å². The zero-order valence-electron chi connectivity index (χ0n) is 11.2. The van der Waals surface area contributed by atoms with Crippen LogP contribution in [0.1, 0.15) is 18.1 Å². The molecule has 1 unspecified atom stereocenters. The molecule has 0 N–H and O–H groups in total. The second-order valence-corrected chi connectivity index (χ2v) is 6.33. The largest absolute Gasteiger partial charge is 0.295 e. The molecule has 3 heterocycles. The van der Waals surface area contributed by atoms with Gasteiger partial charge in [-0.15, -0.1) is 22.9 Å². The van der Waals surface area contributed by atoms with Crippen LogP contribution >= 0.6 is 22.9 Å². The molecular formula is C15H11ClN4S. The number of hydrogen-bond acceptors (Lipinski definition) is 4. The molecule has 0 amide bonds. The number of fused-ring (bicyclic) bond motifs is 2. The molecule has 1 atom stereocenters. The topological polar surface area (TPSA) is 43.6 Å². The first-order valence-corrected chi connectivity index (χ1v) is 7.86. The van der Waals surface area contributed by atoms with E-state index < -0.39 is 0 Å². The molecule has 0 saturated heterocycles. The second-order valence-electron chi connectivity index (χ2n) is 4.79. The van der Waals surface area contributed by atoms with Crippen LogP contribution in [0.4, 0.5) is 0 Å². The molecule has 0 saturated carbocycles. The number of nitrogens with zero attached hydrogens (tertiary/aromatic N) is 4. The monoisotopic (exact) mass is 314 g/mol. The molecular weight excluding hydrogens is 304 g/mol. The van der Waals surface area contributed by atoms with Gasteiger partial charge in [0.05, 0.1) is 32.8 Å². The Morgan fingerprint density at radius 1 is 1.24 bits per heavy atom. The molecule has 0 bridgehead atoms. The van der Waals surface area contributed by atoms with E-state index in [0.29, 0.717) is 0 Å². The fourth-order valence-electron chi connectivity index (χ4n) is 2.47. The van der Waals surface area contributed by atoms with Gasteiger partial charge in [-0.1, -0.05) is 0 Å². The summed E-state index contributed by atoms with van der Waals surface area (Å²) >= 11 is 7.94. The molecule has 0 aliphatic carbocycles. The molecule has 6 heteroatoms. The van der Waals surface area contributed by atoms with Gasteiger partial charge in [0.25, 0.3) is 0 Å². The maximum atomic E-state index is 6.31. The molecule has 4 rings (SSSR count). The van der Waals surface area contributed by atoms with E-state index in [9.17, 15) is 0 Å². The van der Waals surface area contributed by atoms with E-state index in [1.54, 1.807) is 23.7 Å². The standard InChI is InChI=1S/C15H11ClN4S/c1-9(16)15-19-12-7-17-5-4-13(12)20(15)10-2-3-11-14(6-10)21-8-18-11/h2-9H,1H3. The molecule has 0 aliphatic heterocycles. The molecule has 0 fully saturated rings. The van der Waals surface area contributed by atoms with Crippen molar-refractivity contribution >= 4 is 44.2 Å². The molecule has 104 valence electrons. The number of pyridine rings is 1. The van der Waals surface area contributed by atoms with Gasteiger partial charge in [0, 0.05) is 11.9 Å². The second kappa shape index (κ2) is 4.79. The average molecular weight is 315 g/mol. The van der Waals surface area contributed by atoms with E-state index in [2.05, 4.69) is 25.6 Å². The lowest BCUT2D eigenvalue weighted by molar-refractivity contribution is 0.883. The van der Waals surface area contributed by atoms with Crippen LogP contribution in [0.2, 0.25) is 0 Å². The summed E-state index contributed by atoms with van der Waals surface area (Å²) in [5, 5.41) is -0.186. The Bertz CT molecular complexity index is 941. The minimum Gasteiger partial charge on any atom is -0.295 e. The first-order chi connectivity index (χ1) is 10.2. The maximum Gasteiger partial charge on any atom is 0.132 e. The lowest BCUT2D eigenvalue weighted by Crippen LogP contribution is -2.01. The van der Waals surface area contributed by atoms with Gasteiger partial charge in [0.2, 0.25) is 0 Å². The zero-order valence-corrected chi connectivity index (χ0v) is 12.8. The number of halogens is 1. The molecule has 0 radical (unpaired) electrons. The quantitative estimate of drug-likeness (QED) is 0.517. The predicted octanol–water partition coefficient (Wildman–Crippen LogP) is 4.33. The SMILES string of the molecule is CC(Cl)c1nc2cnccc2n1-c1ccc2ncsc2c1. The molecule has 3 aromatic heterocycles. The summed E-state index contributed by atoms with van der Waals surface area (Å²) in [6.07, 6.45) is 3.54. The van der Waals surface area contributed by atoms with E-state index in [-0.39, 0.29) is 5.38 Å². The van der Waals surface area contributed by atoms with Crippen LogP contribution in [0.25, 0.3) is 26.9 Å². The van der Waals surface area contributed by atoms with E-state index in [1.807, 2.05) is 30.6 Å². The van der Waals surface area contributed by atoms with Crippen molar-refractivity contribution in [3.8, 4) is 5.69 Å². The average Bonchev–Trinajstić information content (AvgIpc) is 3.10. The van der Waals surface area contributed by atoms with E-state index in [1.165, 1.54) is 0 Å². The van der Waals surface area contributed by atoms with Gasteiger partial charge in [-0.2, -0.15) is 0 Å². The smallest absolute Gasteiger partial charge is 0.132 e. The Morgan fingerprint density at radius 3 is 3.00 bits per heavy atom. The summed E-state index contributed by atoms with van der Waals surface area (Å²) < 4.78 is 3.24. The van der Waals surface area contributed by atoms with Crippen molar-refractivity contribution in [3.63, 3.8) is 0 Å². The van der Waals surface area contributed by atoms with Crippen LogP contribution in [0, 0.1) is 0 Å². The summed E-state index contributed by atoms with van der Waals surface area (Å²) in [5.41, 5.74) is 5.77. The van der Waals surface area contributed by atoms with Gasteiger partial charge < -0.3 is 0 Å². The van der Waals surface area contributed by atoms with Crippen molar-refractivity contribution in [1.29, 1.82) is 0 Å². The van der Waals surface area contributed by atoms with Crippen molar-refractivity contribution in [2.24, 2.45) is 0 Å². The number of aromatic nitrogens is 4. The number of thiazole rings is 1. The van der Waals surface area contributed by atoms with Gasteiger partial charge in [-0.3, -0.25) is 9.55 Å². The Kier molecular flexibility index (Phi) is 2.90. The third-order valence-corrected chi connectivity index (χ3v) is 4.40. The van der Waals surface area contributed by atoms with Gasteiger partial charge in [-0.05, 0) is 31.2 Å². The van der Waals surface area contributed by atoms with Crippen molar-refractivity contribution in [2.45, 2.75) is 12.3 Å². The van der Waals surface area contributed by atoms with Crippen LogP contribution in [0.5, 0.6) is 0 Å². The first-order valence-electron chi connectivity index (χ1n) is 6.54. The van der Waals surface area contributed by atoms with E-state index >= 15 is 0 Å². The molecule has 4 aromatic rings. The number of imidazole rings is 1. The third-order valence-electron chi connectivity index (χ3n) is 3.41. The summed E-state index contributed by atoms with van der Waals surface area (Å²) in [6.45, 7) is 1.93. The minimum absolute atomic E-state index is 0.186. The van der Waals surface area contributed by atoms with Crippen LogP contribution in [0.15, 0.2) is 42.2 Å². The van der Waals surface area contributed by atoms with Crippen molar-refractivity contribution in [2.75, 3.05) is 0 Å². The summed E-state index contributed by atoms with van der Waals surface area (Å²) in [6, 6.07) is 8.16. The van der Waals surface area contributed by atoms with Crippen molar-refractivity contribution in [3.05, 3.63) is 48.0 Å². The first kappa shape index (κ1) is 12.7. The van der Waals surface area contributed by atoms with Gasteiger partial charge in [0.1, 0.15) is 11.3 Å².